The third-order valence-corrected chi connectivity index (χ3v) is 3.82. The van der Waals surface area contributed by atoms with Gasteiger partial charge in [-0.25, -0.2) is 4.39 Å². The molecule has 0 saturated carbocycles. The van der Waals surface area contributed by atoms with E-state index in [1.54, 1.807) is 4.90 Å². The van der Waals surface area contributed by atoms with Crippen molar-refractivity contribution in [3.8, 4) is 0 Å². The molecule has 1 saturated heterocycles. The number of carbonyl (C=O) groups excluding carboxylic acids is 1. The predicted octanol–water partition coefficient (Wildman–Crippen LogP) is 3.88. The maximum absolute atomic E-state index is 13.7. The minimum absolute atomic E-state index is 0.0723. The van der Waals surface area contributed by atoms with Gasteiger partial charge in [0.2, 0.25) is 0 Å². The van der Waals surface area contributed by atoms with Crippen molar-refractivity contribution in [2.75, 3.05) is 0 Å². The van der Waals surface area contributed by atoms with E-state index in [9.17, 15) is 9.18 Å². The molecule has 1 amide bonds. The smallest absolute Gasteiger partial charge is 0.257 e. The number of piperidine rings is 1. The van der Waals surface area contributed by atoms with E-state index in [-0.39, 0.29) is 23.6 Å². The maximum Gasteiger partial charge on any atom is 0.257 e. The first kappa shape index (κ1) is 13.3. The average molecular weight is 270 g/mol. The average Bonchev–Trinajstić information content (AvgIpc) is 2.32. The largest absolute Gasteiger partial charge is 0.333 e. The summed E-state index contributed by atoms with van der Waals surface area (Å²) < 4.78 is 13.7. The summed E-state index contributed by atoms with van der Waals surface area (Å²) in [5.41, 5.74) is 0.0723. The van der Waals surface area contributed by atoms with Gasteiger partial charge in [-0.3, -0.25) is 4.79 Å². The third-order valence-electron chi connectivity index (χ3n) is 3.59. The molecule has 2 atom stereocenters. The Kier molecular flexibility index (Phi) is 3.91. The van der Waals surface area contributed by atoms with Crippen LogP contribution in [-0.2, 0) is 0 Å². The molecule has 0 bridgehead atoms. The summed E-state index contributed by atoms with van der Waals surface area (Å²) in [6, 6.07) is 4.41. The first-order chi connectivity index (χ1) is 8.50. The van der Waals surface area contributed by atoms with Crippen LogP contribution >= 0.6 is 11.6 Å². The van der Waals surface area contributed by atoms with Gasteiger partial charge in [-0.2, -0.15) is 0 Å². The highest BCUT2D eigenvalue weighted by Gasteiger charge is 2.30. The van der Waals surface area contributed by atoms with Crippen LogP contribution in [0, 0.1) is 5.82 Å². The van der Waals surface area contributed by atoms with Crippen molar-refractivity contribution in [2.24, 2.45) is 0 Å². The van der Waals surface area contributed by atoms with Gasteiger partial charge in [-0.15, -0.1) is 0 Å². The molecule has 0 aromatic heterocycles. The summed E-state index contributed by atoms with van der Waals surface area (Å²) in [5, 5.41) is 0.386. The molecule has 1 heterocycles. The minimum atomic E-state index is -0.505. The van der Waals surface area contributed by atoms with Crippen molar-refractivity contribution >= 4 is 17.5 Å². The summed E-state index contributed by atoms with van der Waals surface area (Å²) in [4.78, 5) is 14.2. The van der Waals surface area contributed by atoms with Crippen LogP contribution in [0.5, 0.6) is 0 Å². The Balaban J connectivity index is 2.32. The molecule has 0 radical (unpaired) electrons. The number of nitrogens with zero attached hydrogens (tertiary/aromatic N) is 1. The zero-order valence-corrected chi connectivity index (χ0v) is 11.4. The first-order valence-electron chi connectivity index (χ1n) is 6.28. The second-order valence-electron chi connectivity index (χ2n) is 4.97. The molecule has 98 valence electrons. The van der Waals surface area contributed by atoms with Gasteiger partial charge in [-0.05, 0) is 51.3 Å². The highest BCUT2D eigenvalue weighted by molar-refractivity contribution is 6.31. The summed E-state index contributed by atoms with van der Waals surface area (Å²) in [6.07, 6.45) is 3.06. The summed E-state index contributed by atoms with van der Waals surface area (Å²) in [6.45, 7) is 4.02. The van der Waals surface area contributed by atoms with Gasteiger partial charge in [0.25, 0.3) is 5.91 Å². The van der Waals surface area contributed by atoms with Crippen LogP contribution in [0.25, 0.3) is 0 Å². The third kappa shape index (κ3) is 2.51. The molecule has 1 aromatic carbocycles. The summed E-state index contributed by atoms with van der Waals surface area (Å²) in [5.74, 6) is -0.760. The van der Waals surface area contributed by atoms with Crippen molar-refractivity contribution in [2.45, 2.75) is 45.2 Å². The monoisotopic (exact) mass is 269 g/mol. The fourth-order valence-corrected chi connectivity index (χ4v) is 2.79. The lowest BCUT2D eigenvalue weighted by Gasteiger charge is -2.39. The molecule has 0 N–H and O–H groups in total. The van der Waals surface area contributed by atoms with Crippen LogP contribution in [0.4, 0.5) is 4.39 Å². The highest BCUT2D eigenvalue weighted by atomic mass is 35.5. The summed E-state index contributed by atoms with van der Waals surface area (Å²) >= 11 is 5.84. The van der Waals surface area contributed by atoms with E-state index in [0.29, 0.717) is 5.02 Å². The fourth-order valence-electron chi connectivity index (χ4n) is 2.62. The Morgan fingerprint density at radius 1 is 1.33 bits per heavy atom. The fraction of sp³-hybridized carbons (Fsp3) is 0.500. The number of amides is 1. The van der Waals surface area contributed by atoms with E-state index in [4.69, 9.17) is 11.6 Å². The van der Waals surface area contributed by atoms with Crippen molar-refractivity contribution in [3.63, 3.8) is 0 Å². The molecule has 0 spiro atoms. The second-order valence-corrected chi connectivity index (χ2v) is 5.40. The van der Waals surface area contributed by atoms with Crippen molar-refractivity contribution in [1.29, 1.82) is 0 Å². The SMILES string of the molecule is CC1CCCC(C)N1C(=O)c1cc(Cl)ccc1F. The molecule has 1 aliphatic rings. The normalized spacial score (nSPS) is 24.1. The Bertz CT molecular complexity index is 453. The van der Waals surface area contributed by atoms with Crippen molar-refractivity contribution in [3.05, 3.63) is 34.6 Å². The number of rotatable bonds is 1. The Labute approximate surface area is 112 Å². The number of likely N-dealkylation sites (tertiary alicyclic amines) is 1. The standard InChI is InChI=1S/C14H17ClFNO/c1-9-4-3-5-10(2)17(9)14(18)12-8-11(15)6-7-13(12)16/h6-10H,3-5H2,1-2H3. The van der Waals surface area contributed by atoms with Gasteiger partial charge in [0.1, 0.15) is 5.82 Å². The van der Waals surface area contributed by atoms with Crippen molar-refractivity contribution in [1.82, 2.24) is 4.90 Å². The van der Waals surface area contributed by atoms with Crippen LogP contribution in [0.3, 0.4) is 0 Å². The molecule has 2 rings (SSSR count). The lowest BCUT2D eigenvalue weighted by molar-refractivity contribution is 0.0506. The van der Waals surface area contributed by atoms with E-state index in [1.165, 1.54) is 18.2 Å². The second kappa shape index (κ2) is 5.27. The van der Waals surface area contributed by atoms with E-state index in [2.05, 4.69) is 0 Å². The molecule has 0 aliphatic carbocycles. The Hall–Kier alpha value is -1.09. The molecule has 1 aliphatic heterocycles. The van der Waals surface area contributed by atoms with E-state index >= 15 is 0 Å². The number of benzene rings is 1. The molecule has 4 heteroatoms. The van der Waals surface area contributed by atoms with E-state index in [1.807, 2.05) is 13.8 Å². The molecule has 2 unspecified atom stereocenters. The minimum Gasteiger partial charge on any atom is -0.333 e. The molecule has 1 fully saturated rings. The van der Waals surface area contributed by atoms with Crippen LogP contribution in [0.2, 0.25) is 5.02 Å². The zero-order chi connectivity index (χ0) is 13.3. The summed E-state index contributed by atoms with van der Waals surface area (Å²) in [7, 11) is 0. The number of halogens is 2. The van der Waals surface area contributed by atoms with Crippen LogP contribution in [-0.4, -0.2) is 22.9 Å². The molecule has 1 aromatic rings. The molecule has 18 heavy (non-hydrogen) atoms. The van der Waals surface area contributed by atoms with E-state index < -0.39 is 5.82 Å². The molecular formula is C14H17ClFNO. The predicted molar refractivity (Wildman–Crippen MR) is 70.4 cm³/mol. The van der Waals surface area contributed by atoms with Gasteiger partial charge in [0, 0.05) is 17.1 Å². The molecular weight excluding hydrogens is 253 g/mol. The molecule has 2 nitrogen and oxygen atoms in total. The van der Waals surface area contributed by atoms with Crippen molar-refractivity contribution < 1.29 is 9.18 Å². The van der Waals surface area contributed by atoms with Gasteiger partial charge >= 0.3 is 0 Å². The maximum atomic E-state index is 13.7. The van der Waals surface area contributed by atoms with Crippen LogP contribution in [0.15, 0.2) is 18.2 Å². The lowest BCUT2D eigenvalue weighted by atomic mass is 9.96. The first-order valence-corrected chi connectivity index (χ1v) is 6.66. The van der Waals surface area contributed by atoms with Gasteiger partial charge < -0.3 is 4.90 Å². The zero-order valence-electron chi connectivity index (χ0n) is 10.6. The number of hydrogen-bond acceptors (Lipinski definition) is 1. The van der Waals surface area contributed by atoms with E-state index in [0.717, 1.165) is 19.3 Å². The topological polar surface area (TPSA) is 20.3 Å². The van der Waals surface area contributed by atoms with Gasteiger partial charge in [0.05, 0.1) is 5.56 Å². The number of carbonyl (C=O) groups is 1. The highest BCUT2D eigenvalue weighted by Crippen LogP contribution is 2.26. The Morgan fingerprint density at radius 3 is 2.56 bits per heavy atom. The van der Waals surface area contributed by atoms with Crippen LogP contribution < -0.4 is 0 Å². The van der Waals surface area contributed by atoms with Crippen LogP contribution in [0.1, 0.15) is 43.5 Å². The lowest BCUT2D eigenvalue weighted by Crippen LogP contribution is -2.47. The number of hydrogen-bond donors (Lipinski definition) is 0. The quantitative estimate of drug-likeness (QED) is 0.758. The Morgan fingerprint density at radius 2 is 1.94 bits per heavy atom. The van der Waals surface area contributed by atoms with Gasteiger partial charge in [0.15, 0.2) is 0 Å². The van der Waals surface area contributed by atoms with Gasteiger partial charge in [-0.1, -0.05) is 11.6 Å².